The topological polar surface area (TPSA) is 23.6 Å². The van der Waals surface area contributed by atoms with Crippen LogP contribution in [0.25, 0.3) is 0 Å². The first-order valence-electron chi connectivity index (χ1n) is 7.55. The zero-order valence-electron chi connectivity index (χ0n) is 12.5. The van der Waals surface area contributed by atoms with Crippen LogP contribution in [0.4, 0.5) is 5.69 Å². The summed E-state index contributed by atoms with van der Waals surface area (Å²) in [6, 6.07) is 8.75. The molecule has 0 saturated carbocycles. The molecule has 112 valence electrons. The van der Waals surface area contributed by atoms with E-state index in [0.29, 0.717) is 12.3 Å². The van der Waals surface area contributed by atoms with Crippen LogP contribution in [0.15, 0.2) is 36.4 Å². The van der Waals surface area contributed by atoms with Gasteiger partial charge in [-0.2, -0.15) is 0 Å². The Morgan fingerprint density at radius 3 is 2.57 bits per heavy atom. The fourth-order valence-corrected chi connectivity index (χ4v) is 4.20. The van der Waals surface area contributed by atoms with Crippen LogP contribution in [-0.2, 0) is 4.79 Å². The summed E-state index contributed by atoms with van der Waals surface area (Å²) in [5.41, 5.74) is 3.55. The highest BCUT2D eigenvalue weighted by Gasteiger charge is 2.32. The zero-order valence-corrected chi connectivity index (χ0v) is 13.4. The van der Waals surface area contributed by atoms with E-state index in [2.05, 4.69) is 35.7 Å². The summed E-state index contributed by atoms with van der Waals surface area (Å²) in [4.78, 5) is 16.4. The smallest absolute Gasteiger partial charge is 0.234 e. The van der Waals surface area contributed by atoms with Crippen LogP contribution >= 0.6 is 11.8 Å². The first-order chi connectivity index (χ1) is 10.1. The Balaban J connectivity index is 1.76. The minimum Gasteiger partial charge on any atom is -0.372 e. The maximum Gasteiger partial charge on any atom is 0.234 e. The second-order valence-corrected chi connectivity index (χ2v) is 7.00. The number of amides is 1. The largest absolute Gasteiger partial charge is 0.372 e. The minimum atomic E-state index is 0.141. The Bertz CT molecular complexity index is 534. The second-order valence-electron chi connectivity index (χ2n) is 5.93. The molecule has 0 aliphatic carbocycles. The molecule has 2 heterocycles. The number of benzene rings is 1. The Labute approximate surface area is 131 Å². The van der Waals surface area contributed by atoms with Crippen LogP contribution < -0.4 is 4.90 Å². The number of nitrogens with zero attached hydrogens (tertiary/aromatic N) is 2. The predicted octanol–water partition coefficient (Wildman–Crippen LogP) is 3.44. The Kier molecular flexibility index (Phi) is 4.24. The van der Waals surface area contributed by atoms with Gasteiger partial charge in [0.2, 0.25) is 5.91 Å². The van der Waals surface area contributed by atoms with Gasteiger partial charge in [0.15, 0.2) is 0 Å². The van der Waals surface area contributed by atoms with E-state index < -0.39 is 0 Å². The van der Waals surface area contributed by atoms with E-state index in [1.54, 1.807) is 11.8 Å². The van der Waals surface area contributed by atoms with Crippen molar-refractivity contribution < 1.29 is 4.79 Å². The molecule has 1 amide bonds. The number of hydrogen-bond donors (Lipinski definition) is 0. The molecule has 2 fully saturated rings. The fourth-order valence-electron chi connectivity index (χ4n) is 3.02. The molecule has 4 heteroatoms. The van der Waals surface area contributed by atoms with Gasteiger partial charge >= 0.3 is 0 Å². The molecule has 2 aliphatic heterocycles. The normalized spacial score (nSPS) is 22.1. The Morgan fingerprint density at radius 2 is 1.95 bits per heavy atom. The van der Waals surface area contributed by atoms with Crippen LogP contribution in [0, 0.1) is 0 Å². The van der Waals surface area contributed by atoms with Crippen LogP contribution in [0.5, 0.6) is 0 Å². The molecule has 21 heavy (non-hydrogen) atoms. The number of anilines is 1. The summed E-state index contributed by atoms with van der Waals surface area (Å²) >= 11 is 1.71. The molecule has 0 aromatic heterocycles. The zero-order chi connectivity index (χ0) is 14.8. The molecule has 2 aliphatic rings. The lowest BCUT2D eigenvalue weighted by molar-refractivity contribution is -0.127. The fraction of sp³-hybridized carbons (Fsp3) is 0.471. The molecule has 2 saturated heterocycles. The molecule has 3 nitrogen and oxygen atoms in total. The van der Waals surface area contributed by atoms with Crippen molar-refractivity contribution in [1.82, 2.24) is 4.90 Å². The van der Waals surface area contributed by atoms with Crippen molar-refractivity contribution in [2.45, 2.75) is 25.1 Å². The van der Waals surface area contributed by atoms with E-state index in [0.717, 1.165) is 18.7 Å². The van der Waals surface area contributed by atoms with Crippen LogP contribution in [0.1, 0.15) is 30.7 Å². The van der Waals surface area contributed by atoms with Crippen LogP contribution in [0.2, 0.25) is 0 Å². The van der Waals surface area contributed by atoms with Gasteiger partial charge in [-0.1, -0.05) is 24.3 Å². The summed E-state index contributed by atoms with van der Waals surface area (Å²) < 4.78 is 0. The first kappa shape index (κ1) is 14.5. The summed E-state index contributed by atoms with van der Waals surface area (Å²) in [5.74, 6) is 0.794. The van der Waals surface area contributed by atoms with Crippen molar-refractivity contribution in [3.8, 4) is 0 Å². The minimum absolute atomic E-state index is 0.141. The van der Waals surface area contributed by atoms with Gasteiger partial charge in [0.05, 0.1) is 5.75 Å². The monoisotopic (exact) mass is 302 g/mol. The van der Waals surface area contributed by atoms with E-state index in [9.17, 15) is 4.79 Å². The Hall–Kier alpha value is -1.42. The van der Waals surface area contributed by atoms with Gasteiger partial charge < -0.3 is 9.80 Å². The molecule has 0 N–H and O–H groups in total. The maximum absolute atomic E-state index is 12.0. The van der Waals surface area contributed by atoms with Gasteiger partial charge in [-0.25, -0.2) is 0 Å². The van der Waals surface area contributed by atoms with Gasteiger partial charge in [0.25, 0.3) is 0 Å². The van der Waals surface area contributed by atoms with Crippen molar-refractivity contribution in [2.24, 2.45) is 0 Å². The number of rotatable bonds is 4. The van der Waals surface area contributed by atoms with E-state index in [1.165, 1.54) is 24.1 Å². The molecule has 1 aromatic rings. The predicted molar refractivity (Wildman–Crippen MR) is 89.6 cm³/mol. The molecule has 1 aromatic carbocycles. The highest BCUT2D eigenvalue weighted by molar-refractivity contribution is 8.00. The molecule has 1 atom stereocenters. The number of hydrogen-bond acceptors (Lipinski definition) is 3. The number of carbonyl (C=O) groups excluding carboxylic acids is 1. The molecule has 0 bridgehead atoms. The van der Waals surface area contributed by atoms with Crippen molar-refractivity contribution in [1.29, 1.82) is 0 Å². The van der Waals surface area contributed by atoms with Gasteiger partial charge in [0, 0.05) is 25.3 Å². The van der Waals surface area contributed by atoms with Gasteiger partial charge in [-0.3, -0.25) is 4.79 Å². The van der Waals surface area contributed by atoms with Gasteiger partial charge in [-0.15, -0.1) is 11.8 Å². The third-order valence-corrected chi connectivity index (χ3v) is 5.31. The highest BCUT2D eigenvalue weighted by Crippen LogP contribution is 2.39. The van der Waals surface area contributed by atoms with E-state index in [4.69, 9.17) is 0 Å². The van der Waals surface area contributed by atoms with Crippen molar-refractivity contribution >= 4 is 23.4 Å². The summed E-state index contributed by atoms with van der Waals surface area (Å²) in [6.07, 6.45) is 2.59. The molecule has 0 spiro atoms. The standard InChI is InChI=1S/C17H22N2OS/c1-13(2)11-19-16(20)12-21-17(19)14-5-7-15(8-6-14)18-9-3-4-10-18/h5-8,17H,1,3-4,9-12H2,2H3. The average molecular weight is 302 g/mol. The molecular formula is C17H22N2OS. The lowest BCUT2D eigenvalue weighted by atomic mass is 10.1. The van der Waals surface area contributed by atoms with E-state index >= 15 is 0 Å². The summed E-state index contributed by atoms with van der Waals surface area (Å²) in [5, 5.41) is 0.141. The van der Waals surface area contributed by atoms with E-state index in [1.807, 2.05) is 11.8 Å². The molecule has 3 rings (SSSR count). The van der Waals surface area contributed by atoms with Crippen molar-refractivity contribution in [3.05, 3.63) is 42.0 Å². The Morgan fingerprint density at radius 1 is 1.29 bits per heavy atom. The van der Waals surface area contributed by atoms with Crippen molar-refractivity contribution in [3.63, 3.8) is 0 Å². The van der Waals surface area contributed by atoms with Crippen LogP contribution in [-0.4, -0.2) is 36.2 Å². The molecule has 1 unspecified atom stereocenters. The number of thioether (sulfide) groups is 1. The maximum atomic E-state index is 12.0. The first-order valence-corrected chi connectivity index (χ1v) is 8.60. The molecular weight excluding hydrogens is 280 g/mol. The third-order valence-electron chi connectivity index (χ3n) is 4.06. The lowest BCUT2D eigenvalue weighted by Gasteiger charge is -2.25. The third kappa shape index (κ3) is 3.10. The second kappa shape index (κ2) is 6.14. The summed E-state index contributed by atoms with van der Waals surface area (Å²) in [7, 11) is 0. The quantitative estimate of drug-likeness (QED) is 0.796. The molecule has 0 radical (unpaired) electrons. The van der Waals surface area contributed by atoms with E-state index in [-0.39, 0.29) is 11.3 Å². The van der Waals surface area contributed by atoms with Gasteiger partial charge in [0.1, 0.15) is 5.37 Å². The highest BCUT2D eigenvalue weighted by atomic mass is 32.2. The summed E-state index contributed by atoms with van der Waals surface area (Å²) in [6.45, 7) is 8.90. The number of carbonyl (C=O) groups is 1. The SMILES string of the molecule is C=C(C)CN1C(=O)CSC1c1ccc(N2CCCC2)cc1. The van der Waals surface area contributed by atoms with Crippen LogP contribution in [0.3, 0.4) is 0 Å². The lowest BCUT2D eigenvalue weighted by Crippen LogP contribution is -2.29. The average Bonchev–Trinajstić information content (AvgIpc) is 3.10. The van der Waals surface area contributed by atoms with Gasteiger partial charge in [-0.05, 0) is 37.5 Å². The van der Waals surface area contributed by atoms with Crippen molar-refractivity contribution in [2.75, 3.05) is 30.3 Å².